The van der Waals surface area contributed by atoms with Gasteiger partial charge in [0.15, 0.2) is 5.76 Å². The standard InChI is InChI=1S/C10H14O2/c1-12-10-6-8(7-2-3-7)4-5-9(10)11/h4-5,7-8,11H,2-3,6H2,1H3. The summed E-state index contributed by atoms with van der Waals surface area (Å²) < 4.78 is 5.09. The maximum Gasteiger partial charge on any atom is 0.152 e. The van der Waals surface area contributed by atoms with E-state index in [-0.39, 0.29) is 0 Å². The molecule has 0 amide bonds. The molecule has 0 aromatic carbocycles. The molecule has 0 saturated heterocycles. The third kappa shape index (κ3) is 1.33. The Morgan fingerprint density at radius 3 is 2.83 bits per heavy atom. The fourth-order valence-corrected chi connectivity index (χ4v) is 1.73. The van der Waals surface area contributed by atoms with E-state index in [4.69, 9.17) is 4.74 Å². The Morgan fingerprint density at radius 2 is 2.25 bits per heavy atom. The minimum absolute atomic E-state index is 0.300. The van der Waals surface area contributed by atoms with Crippen molar-refractivity contribution in [1.82, 2.24) is 0 Å². The molecule has 2 heteroatoms. The van der Waals surface area contributed by atoms with Gasteiger partial charge in [-0.1, -0.05) is 6.08 Å². The van der Waals surface area contributed by atoms with Crippen LogP contribution in [0.15, 0.2) is 23.7 Å². The van der Waals surface area contributed by atoms with Crippen molar-refractivity contribution in [2.75, 3.05) is 7.11 Å². The zero-order valence-electron chi connectivity index (χ0n) is 7.29. The first-order chi connectivity index (χ1) is 5.81. The molecule has 1 saturated carbocycles. The molecule has 0 radical (unpaired) electrons. The van der Waals surface area contributed by atoms with E-state index in [0.29, 0.717) is 11.7 Å². The predicted octanol–water partition coefficient (Wildman–Crippen LogP) is 2.39. The lowest BCUT2D eigenvalue weighted by molar-refractivity contribution is 0.229. The molecule has 2 rings (SSSR count). The van der Waals surface area contributed by atoms with Crippen molar-refractivity contribution in [3.8, 4) is 0 Å². The van der Waals surface area contributed by atoms with Crippen LogP contribution in [-0.2, 0) is 4.74 Å². The molecule has 2 nitrogen and oxygen atoms in total. The van der Waals surface area contributed by atoms with E-state index in [1.807, 2.05) is 0 Å². The number of aliphatic hydroxyl groups excluding tert-OH is 1. The summed E-state index contributed by atoms with van der Waals surface area (Å²) in [5, 5.41) is 9.36. The lowest BCUT2D eigenvalue weighted by atomic mass is 9.94. The van der Waals surface area contributed by atoms with Gasteiger partial charge in [-0.05, 0) is 30.8 Å². The molecule has 0 aromatic heterocycles. The van der Waals surface area contributed by atoms with E-state index in [2.05, 4.69) is 6.08 Å². The molecule has 1 fully saturated rings. The average molecular weight is 166 g/mol. The first kappa shape index (κ1) is 7.71. The van der Waals surface area contributed by atoms with Gasteiger partial charge in [-0.25, -0.2) is 0 Å². The Kier molecular flexibility index (Phi) is 1.83. The summed E-state index contributed by atoms with van der Waals surface area (Å²) in [7, 11) is 1.62. The highest BCUT2D eigenvalue weighted by atomic mass is 16.5. The van der Waals surface area contributed by atoms with E-state index >= 15 is 0 Å². The van der Waals surface area contributed by atoms with E-state index in [9.17, 15) is 5.11 Å². The van der Waals surface area contributed by atoms with Crippen LogP contribution in [0.3, 0.4) is 0 Å². The summed E-state index contributed by atoms with van der Waals surface area (Å²) in [5.41, 5.74) is 0. The van der Waals surface area contributed by atoms with Gasteiger partial charge in [-0.15, -0.1) is 0 Å². The molecule has 2 aliphatic carbocycles. The molecule has 1 N–H and O–H groups in total. The molecule has 1 atom stereocenters. The van der Waals surface area contributed by atoms with Crippen LogP contribution in [-0.4, -0.2) is 12.2 Å². The van der Waals surface area contributed by atoms with Gasteiger partial charge < -0.3 is 9.84 Å². The number of hydrogen-bond acceptors (Lipinski definition) is 2. The largest absolute Gasteiger partial charge is 0.505 e. The topological polar surface area (TPSA) is 29.5 Å². The highest BCUT2D eigenvalue weighted by Crippen LogP contribution is 2.42. The summed E-state index contributed by atoms with van der Waals surface area (Å²) in [5.74, 6) is 2.50. The smallest absolute Gasteiger partial charge is 0.152 e. The van der Waals surface area contributed by atoms with Crippen molar-refractivity contribution in [1.29, 1.82) is 0 Å². The van der Waals surface area contributed by atoms with Gasteiger partial charge in [0.2, 0.25) is 0 Å². The van der Waals surface area contributed by atoms with Gasteiger partial charge in [0.05, 0.1) is 7.11 Å². The van der Waals surface area contributed by atoms with Gasteiger partial charge in [0.1, 0.15) is 5.76 Å². The third-order valence-electron chi connectivity index (χ3n) is 2.68. The number of aliphatic hydroxyl groups is 1. The fraction of sp³-hybridized carbons (Fsp3) is 0.600. The molecule has 0 bridgehead atoms. The van der Waals surface area contributed by atoms with Crippen molar-refractivity contribution >= 4 is 0 Å². The molecule has 2 aliphatic rings. The van der Waals surface area contributed by atoms with Gasteiger partial charge in [-0.2, -0.15) is 0 Å². The fourth-order valence-electron chi connectivity index (χ4n) is 1.73. The summed E-state index contributed by atoms with van der Waals surface area (Å²) >= 11 is 0. The summed E-state index contributed by atoms with van der Waals surface area (Å²) in [6, 6.07) is 0. The van der Waals surface area contributed by atoms with E-state index < -0.39 is 0 Å². The molecular weight excluding hydrogens is 152 g/mol. The minimum Gasteiger partial charge on any atom is -0.505 e. The third-order valence-corrected chi connectivity index (χ3v) is 2.68. The average Bonchev–Trinajstić information content (AvgIpc) is 2.88. The summed E-state index contributed by atoms with van der Waals surface area (Å²) in [6.07, 6.45) is 7.43. The van der Waals surface area contributed by atoms with E-state index in [0.717, 1.165) is 18.1 Å². The lowest BCUT2D eigenvalue weighted by Crippen LogP contribution is -2.08. The van der Waals surface area contributed by atoms with Crippen molar-refractivity contribution < 1.29 is 9.84 Å². The van der Waals surface area contributed by atoms with Crippen molar-refractivity contribution in [2.45, 2.75) is 19.3 Å². The zero-order valence-corrected chi connectivity index (χ0v) is 7.29. The highest BCUT2D eigenvalue weighted by Gasteiger charge is 2.32. The van der Waals surface area contributed by atoms with Crippen LogP contribution >= 0.6 is 0 Å². The Labute approximate surface area is 72.5 Å². The minimum atomic E-state index is 0.300. The maximum absolute atomic E-state index is 9.36. The van der Waals surface area contributed by atoms with Gasteiger partial charge in [-0.3, -0.25) is 0 Å². The first-order valence-electron chi connectivity index (χ1n) is 4.45. The second kappa shape index (κ2) is 2.85. The number of rotatable bonds is 2. The highest BCUT2D eigenvalue weighted by molar-refractivity contribution is 5.22. The maximum atomic E-state index is 9.36. The van der Waals surface area contributed by atoms with E-state index in [1.165, 1.54) is 12.8 Å². The SMILES string of the molecule is COC1=C(O)C=CC(C2CC2)C1. The van der Waals surface area contributed by atoms with Crippen molar-refractivity contribution in [3.63, 3.8) is 0 Å². The second-order valence-corrected chi connectivity index (χ2v) is 3.58. The van der Waals surface area contributed by atoms with Crippen LogP contribution in [0.4, 0.5) is 0 Å². The van der Waals surface area contributed by atoms with Crippen molar-refractivity contribution in [3.05, 3.63) is 23.7 Å². The zero-order chi connectivity index (χ0) is 8.55. The Morgan fingerprint density at radius 1 is 1.50 bits per heavy atom. The van der Waals surface area contributed by atoms with Gasteiger partial charge >= 0.3 is 0 Å². The second-order valence-electron chi connectivity index (χ2n) is 3.58. The van der Waals surface area contributed by atoms with Crippen LogP contribution in [0.25, 0.3) is 0 Å². The Balaban J connectivity index is 2.06. The molecule has 0 aliphatic heterocycles. The number of hydrogen-bond donors (Lipinski definition) is 1. The van der Waals surface area contributed by atoms with E-state index in [1.54, 1.807) is 13.2 Å². The van der Waals surface area contributed by atoms with Crippen LogP contribution in [0.2, 0.25) is 0 Å². The van der Waals surface area contributed by atoms with Crippen LogP contribution in [0.1, 0.15) is 19.3 Å². The van der Waals surface area contributed by atoms with Gasteiger partial charge in [0, 0.05) is 6.42 Å². The number of methoxy groups -OCH3 is 1. The molecule has 0 spiro atoms. The molecule has 0 aromatic rings. The number of ether oxygens (including phenoxy) is 1. The van der Waals surface area contributed by atoms with Crippen LogP contribution in [0, 0.1) is 11.8 Å². The summed E-state index contributed by atoms with van der Waals surface area (Å²) in [6.45, 7) is 0. The summed E-state index contributed by atoms with van der Waals surface area (Å²) in [4.78, 5) is 0. The normalized spacial score (nSPS) is 29.2. The molecule has 12 heavy (non-hydrogen) atoms. The Bertz CT molecular complexity index is 236. The van der Waals surface area contributed by atoms with Gasteiger partial charge in [0.25, 0.3) is 0 Å². The molecule has 66 valence electrons. The molecule has 0 heterocycles. The number of allylic oxidation sites excluding steroid dienone is 3. The van der Waals surface area contributed by atoms with Crippen molar-refractivity contribution in [2.24, 2.45) is 11.8 Å². The molecule has 1 unspecified atom stereocenters. The monoisotopic (exact) mass is 166 g/mol. The van der Waals surface area contributed by atoms with Crippen LogP contribution < -0.4 is 0 Å². The Hall–Kier alpha value is -0.920. The lowest BCUT2D eigenvalue weighted by Gasteiger charge is -2.18. The predicted molar refractivity (Wildman–Crippen MR) is 46.6 cm³/mol. The first-order valence-corrected chi connectivity index (χ1v) is 4.45. The quantitative estimate of drug-likeness (QED) is 0.682. The molecular formula is C10H14O2. The van der Waals surface area contributed by atoms with Crippen LogP contribution in [0.5, 0.6) is 0 Å².